The minimum atomic E-state index is -1.23. The number of anilines is 1. The maximum Gasteiger partial charge on any atom is 0.339 e. The smallest absolute Gasteiger partial charge is 0.339 e. The first kappa shape index (κ1) is 16.8. The molecule has 0 saturated carbocycles. The molecule has 2 aliphatic rings. The number of aromatic nitrogens is 4. The normalized spacial score (nSPS) is 27.0. The number of cyclic esters (lactones) is 1. The number of nitrogen functional groups attached to an aromatic ring is 1. The summed E-state index contributed by atoms with van der Waals surface area (Å²) in [6, 6.07) is 6.42. The van der Waals surface area contributed by atoms with Crippen molar-refractivity contribution >= 4 is 28.7 Å². The predicted molar refractivity (Wildman–Crippen MR) is 94.2 cm³/mol. The Morgan fingerprint density at radius 3 is 2.75 bits per heavy atom. The van der Waals surface area contributed by atoms with Crippen LogP contribution in [-0.2, 0) is 9.47 Å². The molecule has 142 valence electrons. The number of aliphatic hydroxyl groups is 1. The molecular weight excluding hydrogens is 366 g/mol. The molecule has 1 unspecified atom stereocenters. The van der Waals surface area contributed by atoms with Crippen molar-refractivity contribution in [1.29, 1.82) is 0 Å². The number of nitrogens with two attached hydrogens (primary N) is 1. The molecule has 1 aromatic carbocycles. The maximum atomic E-state index is 12.8. The number of ketones is 1. The second-order valence-electron chi connectivity index (χ2n) is 6.68. The number of ether oxygens (including phenoxy) is 2. The van der Waals surface area contributed by atoms with Crippen LogP contribution in [0.4, 0.5) is 5.82 Å². The van der Waals surface area contributed by atoms with Crippen molar-refractivity contribution in [3.63, 3.8) is 0 Å². The van der Waals surface area contributed by atoms with E-state index in [0.29, 0.717) is 11.2 Å². The number of rotatable bonds is 2. The Bertz CT molecular complexity index is 1110. The molecule has 0 spiro atoms. The monoisotopic (exact) mass is 381 g/mol. The number of carbonyl (C=O) groups excluding carboxylic acids is 2. The standard InChI is InChI=1S/C18H15N5O5/c19-16-12-17(21-6-20-16)23(7-22-12)11-5-10(24)14(27-11)15-13(25)8-3-1-2-4-9(8)18(26)28-15/h1-4,6-7,10-11,14-15,24H,5H2,(H2,19,20,21)/t10-,11+,14-,15?/m0/s1. The van der Waals surface area contributed by atoms with E-state index < -0.39 is 36.3 Å². The summed E-state index contributed by atoms with van der Waals surface area (Å²) in [6.07, 6.45) is -0.940. The van der Waals surface area contributed by atoms with Gasteiger partial charge in [0.2, 0.25) is 5.78 Å². The Morgan fingerprint density at radius 1 is 1.14 bits per heavy atom. The maximum absolute atomic E-state index is 12.8. The van der Waals surface area contributed by atoms with Gasteiger partial charge >= 0.3 is 5.97 Å². The summed E-state index contributed by atoms with van der Waals surface area (Å²) >= 11 is 0. The number of imidazole rings is 1. The lowest BCUT2D eigenvalue weighted by molar-refractivity contribution is -0.0784. The molecule has 10 heteroatoms. The van der Waals surface area contributed by atoms with Gasteiger partial charge in [0.05, 0.1) is 18.0 Å². The number of Topliss-reactive ketones (excluding diaryl/α,β-unsaturated/α-hetero) is 1. The molecule has 0 bridgehead atoms. The first-order chi connectivity index (χ1) is 13.5. The van der Waals surface area contributed by atoms with Gasteiger partial charge < -0.3 is 20.3 Å². The first-order valence-corrected chi connectivity index (χ1v) is 8.65. The largest absolute Gasteiger partial charge is 0.447 e. The first-order valence-electron chi connectivity index (χ1n) is 8.65. The second-order valence-corrected chi connectivity index (χ2v) is 6.68. The molecule has 5 rings (SSSR count). The number of hydrogen-bond acceptors (Lipinski definition) is 9. The lowest BCUT2D eigenvalue weighted by Crippen LogP contribution is -2.46. The summed E-state index contributed by atoms with van der Waals surface area (Å²) in [7, 11) is 0. The number of hydrogen-bond donors (Lipinski definition) is 2. The van der Waals surface area contributed by atoms with Crippen LogP contribution >= 0.6 is 0 Å². The highest BCUT2D eigenvalue weighted by molar-refractivity contribution is 6.12. The molecule has 28 heavy (non-hydrogen) atoms. The Hall–Kier alpha value is -3.37. The number of nitrogens with zero attached hydrogens (tertiary/aromatic N) is 4. The second kappa shape index (κ2) is 6.08. The molecule has 1 fully saturated rings. The molecule has 0 amide bonds. The molecule has 0 aliphatic carbocycles. The van der Waals surface area contributed by atoms with E-state index in [1.807, 2.05) is 0 Å². The number of aliphatic hydroxyl groups excluding tert-OH is 1. The number of fused-ring (bicyclic) bond motifs is 2. The summed E-state index contributed by atoms with van der Waals surface area (Å²) in [5, 5.41) is 10.5. The van der Waals surface area contributed by atoms with Gasteiger partial charge in [0.25, 0.3) is 0 Å². The van der Waals surface area contributed by atoms with Crippen LogP contribution in [0.3, 0.4) is 0 Å². The molecule has 3 N–H and O–H groups in total. The van der Waals surface area contributed by atoms with E-state index in [4.69, 9.17) is 15.2 Å². The molecule has 4 atom stereocenters. The Balaban J connectivity index is 1.46. The highest BCUT2D eigenvalue weighted by Gasteiger charge is 2.48. The lowest BCUT2D eigenvalue weighted by atomic mass is 9.93. The molecule has 2 aliphatic heterocycles. The van der Waals surface area contributed by atoms with Gasteiger partial charge in [0, 0.05) is 12.0 Å². The van der Waals surface area contributed by atoms with Crippen molar-refractivity contribution in [3.05, 3.63) is 48.0 Å². The van der Waals surface area contributed by atoms with Crippen molar-refractivity contribution in [3.8, 4) is 0 Å². The average Bonchev–Trinajstić information content (AvgIpc) is 3.29. The number of esters is 1. The van der Waals surface area contributed by atoms with Crippen LogP contribution in [0.2, 0.25) is 0 Å². The highest BCUT2D eigenvalue weighted by Crippen LogP contribution is 2.36. The van der Waals surface area contributed by atoms with Crippen molar-refractivity contribution < 1.29 is 24.2 Å². The van der Waals surface area contributed by atoms with Gasteiger partial charge in [-0.05, 0) is 6.07 Å². The summed E-state index contributed by atoms with van der Waals surface area (Å²) in [5.41, 5.74) is 7.13. The van der Waals surface area contributed by atoms with E-state index in [1.54, 1.807) is 22.8 Å². The summed E-state index contributed by atoms with van der Waals surface area (Å²) in [5.74, 6) is -0.790. The number of carbonyl (C=O) groups is 2. The van der Waals surface area contributed by atoms with Crippen LogP contribution in [0.15, 0.2) is 36.9 Å². The zero-order chi connectivity index (χ0) is 19.4. The topological polar surface area (TPSA) is 142 Å². The van der Waals surface area contributed by atoms with E-state index >= 15 is 0 Å². The van der Waals surface area contributed by atoms with Gasteiger partial charge in [0.15, 0.2) is 17.6 Å². The molecule has 1 saturated heterocycles. The van der Waals surface area contributed by atoms with E-state index in [2.05, 4.69) is 15.0 Å². The Kier molecular flexibility index (Phi) is 3.64. The fraction of sp³-hybridized carbons (Fsp3) is 0.278. The van der Waals surface area contributed by atoms with Gasteiger partial charge in [-0.3, -0.25) is 9.36 Å². The molecule has 4 heterocycles. The highest BCUT2D eigenvalue weighted by atomic mass is 16.6. The predicted octanol–water partition coefficient (Wildman–Crippen LogP) is 0.479. The quantitative estimate of drug-likeness (QED) is 0.606. The lowest BCUT2D eigenvalue weighted by Gasteiger charge is -2.28. The molecular formula is C18H15N5O5. The van der Waals surface area contributed by atoms with E-state index in [-0.39, 0.29) is 23.4 Å². The Labute approximate surface area is 157 Å². The van der Waals surface area contributed by atoms with Gasteiger partial charge in [0.1, 0.15) is 24.2 Å². The Morgan fingerprint density at radius 2 is 1.93 bits per heavy atom. The van der Waals surface area contributed by atoms with E-state index in [0.717, 1.165) is 0 Å². The zero-order valence-corrected chi connectivity index (χ0v) is 14.4. The van der Waals surface area contributed by atoms with Crippen LogP contribution in [0.5, 0.6) is 0 Å². The van der Waals surface area contributed by atoms with Crippen molar-refractivity contribution in [2.45, 2.75) is 31.0 Å². The SMILES string of the molecule is Nc1ncnc2c1ncn2[C@H]1C[C@H](O)[C@@H](C2OC(=O)c3ccccc3C2=O)O1. The zero-order valence-electron chi connectivity index (χ0n) is 14.4. The van der Waals surface area contributed by atoms with Crippen LogP contribution in [0.25, 0.3) is 11.2 Å². The fourth-order valence-corrected chi connectivity index (χ4v) is 3.68. The van der Waals surface area contributed by atoms with Crippen LogP contribution in [0, 0.1) is 0 Å². The summed E-state index contributed by atoms with van der Waals surface area (Å²) in [6.45, 7) is 0. The third-order valence-corrected chi connectivity index (χ3v) is 5.04. The third kappa shape index (κ3) is 2.38. The molecule has 3 aromatic rings. The summed E-state index contributed by atoms with van der Waals surface area (Å²) < 4.78 is 12.8. The average molecular weight is 381 g/mol. The molecule has 10 nitrogen and oxygen atoms in total. The van der Waals surface area contributed by atoms with Gasteiger partial charge in [-0.1, -0.05) is 18.2 Å². The third-order valence-electron chi connectivity index (χ3n) is 5.04. The minimum absolute atomic E-state index is 0.170. The summed E-state index contributed by atoms with van der Waals surface area (Å²) in [4.78, 5) is 37.3. The molecule has 0 radical (unpaired) electrons. The molecule has 2 aromatic heterocycles. The van der Waals surface area contributed by atoms with E-state index in [1.165, 1.54) is 18.7 Å². The van der Waals surface area contributed by atoms with Gasteiger partial charge in [-0.15, -0.1) is 0 Å². The van der Waals surface area contributed by atoms with Crippen molar-refractivity contribution in [2.24, 2.45) is 0 Å². The van der Waals surface area contributed by atoms with E-state index in [9.17, 15) is 14.7 Å². The van der Waals surface area contributed by atoms with Crippen LogP contribution in [0.1, 0.15) is 33.4 Å². The van der Waals surface area contributed by atoms with Crippen LogP contribution in [-0.4, -0.2) is 54.7 Å². The van der Waals surface area contributed by atoms with Crippen molar-refractivity contribution in [2.75, 3.05) is 5.73 Å². The fourth-order valence-electron chi connectivity index (χ4n) is 3.68. The minimum Gasteiger partial charge on any atom is -0.447 e. The van der Waals surface area contributed by atoms with Gasteiger partial charge in [-0.25, -0.2) is 19.7 Å². The van der Waals surface area contributed by atoms with Crippen molar-refractivity contribution in [1.82, 2.24) is 19.5 Å². The van der Waals surface area contributed by atoms with Crippen LogP contribution < -0.4 is 5.73 Å². The van der Waals surface area contributed by atoms with Gasteiger partial charge in [-0.2, -0.15) is 0 Å². The number of benzene rings is 1.